The van der Waals surface area contributed by atoms with Gasteiger partial charge in [-0.3, -0.25) is 4.79 Å². The van der Waals surface area contributed by atoms with Crippen LogP contribution in [0.2, 0.25) is 0 Å². The van der Waals surface area contributed by atoms with Gasteiger partial charge in [0.25, 0.3) is 0 Å². The molecule has 0 saturated heterocycles. The minimum Gasteiger partial charge on any atom is -0.494 e. The molecule has 196 valence electrons. The number of amides is 1. The molecule has 0 radical (unpaired) electrons. The molecule has 9 heteroatoms. The molecule has 2 aromatic carbocycles. The number of rotatable bonds is 11. The van der Waals surface area contributed by atoms with E-state index in [2.05, 4.69) is 62.5 Å². The number of hydrogen-bond acceptors (Lipinski definition) is 7. The van der Waals surface area contributed by atoms with Gasteiger partial charge in [-0.05, 0) is 44.2 Å². The lowest BCUT2D eigenvalue weighted by Crippen LogP contribution is -2.28. The zero-order valence-electron chi connectivity index (χ0n) is 22.0. The van der Waals surface area contributed by atoms with E-state index in [9.17, 15) is 4.79 Å². The Bertz CT molecular complexity index is 1480. The van der Waals surface area contributed by atoms with Crippen molar-refractivity contribution in [1.29, 1.82) is 0 Å². The van der Waals surface area contributed by atoms with Crippen LogP contribution in [0.3, 0.4) is 0 Å². The van der Waals surface area contributed by atoms with Crippen molar-refractivity contribution in [3.8, 4) is 17.0 Å². The molecule has 0 spiro atoms. The molecular formula is C29H33N7O2. The maximum Gasteiger partial charge on any atom is 0.247 e. The van der Waals surface area contributed by atoms with E-state index in [-0.39, 0.29) is 5.91 Å². The fraction of sp³-hybridized carbons (Fsp3) is 0.276. The maximum absolute atomic E-state index is 12.2. The summed E-state index contributed by atoms with van der Waals surface area (Å²) in [6.45, 7) is 5.11. The molecular weight excluding hydrogens is 478 g/mol. The largest absolute Gasteiger partial charge is 0.494 e. The highest BCUT2D eigenvalue weighted by molar-refractivity contribution is 6.02. The van der Waals surface area contributed by atoms with Crippen LogP contribution in [0, 0.1) is 0 Å². The fourth-order valence-electron chi connectivity index (χ4n) is 4.59. The topological polar surface area (TPSA) is 96.3 Å². The van der Waals surface area contributed by atoms with E-state index in [1.54, 1.807) is 13.3 Å². The molecule has 2 aromatic heterocycles. The summed E-state index contributed by atoms with van der Waals surface area (Å²) < 4.78 is 8.07. The highest BCUT2D eigenvalue weighted by Gasteiger charge is 2.26. The number of carbonyl (C=O) groups excluding carboxylic acids is 1. The van der Waals surface area contributed by atoms with Crippen molar-refractivity contribution in [3.63, 3.8) is 0 Å². The van der Waals surface area contributed by atoms with E-state index in [4.69, 9.17) is 9.72 Å². The van der Waals surface area contributed by atoms with Crippen molar-refractivity contribution >= 4 is 39.8 Å². The highest BCUT2D eigenvalue weighted by Crippen LogP contribution is 2.41. The third kappa shape index (κ3) is 5.19. The Morgan fingerprint density at radius 1 is 1.24 bits per heavy atom. The highest BCUT2D eigenvalue weighted by atomic mass is 16.5. The molecule has 4 aromatic rings. The van der Waals surface area contributed by atoms with Crippen molar-refractivity contribution in [2.45, 2.75) is 18.9 Å². The summed E-state index contributed by atoms with van der Waals surface area (Å²) in [4.78, 5) is 23.6. The number of methoxy groups -OCH3 is 1. The van der Waals surface area contributed by atoms with Gasteiger partial charge in [0, 0.05) is 61.1 Å². The summed E-state index contributed by atoms with van der Waals surface area (Å²) in [5, 5.41) is 10.5. The summed E-state index contributed by atoms with van der Waals surface area (Å²) in [6, 6.07) is 14.7. The predicted molar refractivity (Wildman–Crippen MR) is 154 cm³/mol. The van der Waals surface area contributed by atoms with E-state index in [1.807, 2.05) is 37.2 Å². The van der Waals surface area contributed by atoms with Crippen LogP contribution in [0.1, 0.15) is 18.9 Å². The Kier molecular flexibility index (Phi) is 7.28. The predicted octanol–water partition coefficient (Wildman–Crippen LogP) is 4.97. The molecule has 5 rings (SSSR count). The van der Waals surface area contributed by atoms with Crippen LogP contribution in [0.15, 0.2) is 67.5 Å². The molecule has 1 amide bonds. The molecule has 38 heavy (non-hydrogen) atoms. The van der Waals surface area contributed by atoms with Crippen molar-refractivity contribution in [2.24, 2.45) is 0 Å². The summed E-state index contributed by atoms with van der Waals surface area (Å²) in [5.74, 6) is 0.739. The van der Waals surface area contributed by atoms with E-state index in [0.717, 1.165) is 30.0 Å². The number of ether oxygens (including phenoxy) is 1. The SMILES string of the molecule is C=CC(=O)Nc1cc(Nc2nccc(-c3cn(C4CC4)c4ccccc34)n2)c(OC)cc1N(C)CCNC. The number of nitrogens with zero attached hydrogens (tertiary/aromatic N) is 4. The molecule has 1 aliphatic rings. The van der Waals surface area contributed by atoms with Gasteiger partial charge in [-0.15, -0.1) is 0 Å². The molecule has 3 N–H and O–H groups in total. The second-order valence-electron chi connectivity index (χ2n) is 9.38. The molecule has 0 unspecified atom stereocenters. The zero-order valence-corrected chi connectivity index (χ0v) is 22.0. The van der Waals surface area contributed by atoms with E-state index >= 15 is 0 Å². The first-order valence-electron chi connectivity index (χ1n) is 12.7. The third-order valence-electron chi connectivity index (χ3n) is 6.73. The van der Waals surface area contributed by atoms with E-state index < -0.39 is 0 Å². The van der Waals surface area contributed by atoms with Crippen LogP contribution in [-0.2, 0) is 4.79 Å². The number of carbonyl (C=O) groups is 1. The van der Waals surface area contributed by atoms with Gasteiger partial charge >= 0.3 is 0 Å². The molecule has 1 fully saturated rings. The molecule has 0 atom stereocenters. The molecule has 0 aliphatic heterocycles. The van der Waals surface area contributed by atoms with Crippen LogP contribution in [0.4, 0.5) is 23.0 Å². The lowest BCUT2D eigenvalue weighted by Gasteiger charge is -2.24. The van der Waals surface area contributed by atoms with Crippen LogP contribution < -0.4 is 25.6 Å². The van der Waals surface area contributed by atoms with Gasteiger partial charge < -0.3 is 30.2 Å². The average molecular weight is 512 g/mol. The van der Waals surface area contributed by atoms with Crippen molar-refractivity contribution in [3.05, 3.63) is 67.5 Å². The zero-order chi connectivity index (χ0) is 26.6. The van der Waals surface area contributed by atoms with Gasteiger partial charge in [0.05, 0.1) is 29.9 Å². The lowest BCUT2D eigenvalue weighted by molar-refractivity contribution is -0.111. The molecule has 2 heterocycles. The number of nitrogens with one attached hydrogen (secondary N) is 3. The number of benzene rings is 2. The molecule has 1 aliphatic carbocycles. The lowest BCUT2D eigenvalue weighted by atomic mass is 10.1. The standard InChI is InChI=1S/C29H33N7O2/c1-5-28(37)32-23-16-24(27(38-4)17-26(23)35(3)15-14-30-2)34-29-31-13-12-22(33-29)21-18-36(19-10-11-19)25-9-7-6-8-20(21)25/h5-9,12-13,16-19,30H,1,10-11,14-15H2,2-4H3,(H,32,37)(H,31,33,34). The number of para-hydroxylation sites is 1. The maximum atomic E-state index is 12.2. The van der Waals surface area contributed by atoms with Crippen molar-refractivity contribution in [2.75, 3.05) is 49.8 Å². The minimum atomic E-state index is -0.297. The number of likely N-dealkylation sites (N-methyl/N-ethyl adjacent to an activating group) is 2. The Hall–Kier alpha value is -4.37. The van der Waals surface area contributed by atoms with Gasteiger partial charge in [0.15, 0.2) is 0 Å². The third-order valence-corrected chi connectivity index (χ3v) is 6.73. The number of fused-ring (bicyclic) bond motifs is 1. The number of aromatic nitrogens is 3. The van der Waals surface area contributed by atoms with Crippen molar-refractivity contribution < 1.29 is 9.53 Å². The molecule has 0 bridgehead atoms. The Morgan fingerprint density at radius 3 is 2.79 bits per heavy atom. The first-order valence-corrected chi connectivity index (χ1v) is 12.7. The van der Waals surface area contributed by atoms with E-state index in [1.165, 1.54) is 29.8 Å². The Morgan fingerprint density at radius 2 is 2.05 bits per heavy atom. The second kappa shape index (κ2) is 10.9. The van der Waals surface area contributed by atoms with Crippen LogP contribution in [-0.4, -0.2) is 54.7 Å². The summed E-state index contributed by atoms with van der Waals surface area (Å²) in [6.07, 6.45) is 7.62. The minimum absolute atomic E-state index is 0.297. The summed E-state index contributed by atoms with van der Waals surface area (Å²) in [7, 11) is 5.48. The van der Waals surface area contributed by atoms with Crippen LogP contribution in [0.25, 0.3) is 22.2 Å². The van der Waals surface area contributed by atoms with Crippen LogP contribution in [0.5, 0.6) is 5.75 Å². The number of hydrogen-bond donors (Lipinski definition) is 3. The molecule has 1 saturated carbocycles. The van der Waals surface area contributed by atoms with Gasteiger partial charge in [0.2, 0.25) is 11.9 Å². The van der Waals surface area contributed by atoms with Gasteiger partial charge in [-0.25, -0.2) is 9.97 Å². The van der Waals surface area contributed by atoms with E-state index in [0.29, 0.717) is 29.1 Å². The van der Waals surface area contributed by atoms with Gasteiger partial charge in [-0.2, -0.15) is 0 Å². The summed E-state index contributed by atoms with van der Waals surface area (Å²) in [5.41, 5.74) is 5.21. The van der Waals surface area contributed by atoms with Gasteiger partial charge in [-0.1, -0.05) is 24.8 Å². The quantitative estimate of drug-likeness (QED) is 0.245. The van der Waals surface area contributed by atoms with Crippen molar-refractivity contribution in [1.82, 2.24) is 19.9 Å². The molecule has 9 nitrogen and oxygen atoms in total. The smallest absolute Gasteiger partial charge is 0.247 e. The Balaban J connectivity index is 1.50. The fourth-order valence-corrected chi connectivity index (χ4v) is 4.59. The van der Waals surface area contributed by atoms with Gasteiger partial charge in [0.1, 0.15) is 5.75 Å². The Labute approximate surface area is 222 Å². The normalized spacial score (nSPS) is 12.8. The first-order chi connectivity index (χ1) is 18.5. The van der Waals surface area contributed by atoms with Crippen LogP contribution >= 0.6 is 0 Å². The average Bonchev–Trinajstić information content (AvgIpc) is 3.71. The monoisotopic (exact) mass is 511 g/mol. The summed E-state index contributed by atoms with van der Waals surface area (Å²) >= 11 is 0. The number of anilines is 4. The second-order valence-corrected chi connectivity index (χ2v) is 9.38. The first kappa shape index (κ1) is 25.3.